The summed E-state index contributed by atoms with van der Waals surface area (Å²) < 4.78 is 7.30. The van der Waals surface area contributed by atoms with E-state index in [1.807, 2.05) is 24.3 Å². The molecule has 0 aliphatic carbocycles. The number of rotatable bonds is 6. The van der Waals surface area contributed by atoms with Gasteiger partial charge in [0.15, 0.2) is 5.82 Å². The third-order valence-corrected chi connectivity index (χ3v) is 12.6. The van der Waals surface area contributed by atoms with Crippen LogP contribution in [0, 0.1) is 0 Å². The van der Waals surface area contributed by atoms with Gasteiger partial charge in [0.05, 0.1) is 44.5 Å². The molecule has 4 heterocycles. The van der Waals surface area contributed by atoms with Gasteiger partial charge in [0.25, 0.3) is 0 Å². The quantitative estimate of drug-likeness (QED) is 0.168. The Morgan fingerprint density at radius 3 is 1.49 bits per heavy atom. The number of hydrogen-bond donors (Lipinski definition) is 0. The van der Waals surface area contributed by atoms with Gasteiger partial charge in [-0.05, 0) is 72.8 Å². The van der Waals surface area contributed by atoms with Gasteiger partial charge >= 0.3 is 0 Å². The summed E-state index contributed by atoms with van der Waals surface area (Å²) in [5.74, 6) is 0.704. The van der Waals surface area contributed by atoms with Crippen molar-refractivity contribution in [3.05, 3.63) is 224 Å². The first kappa shape index (κ1) is 35.2. The summed E-state index contributed by atoms with van der Waals surface area (Å²) in [6, 6.07) is 80.2. The molecule has 9 aromatic carbocycles. The number of fused-ring (bicyclic) bond motifs is 10. The van der Waals surface area contributed by atoms with E-state index in [-0.39, 0.29) is 0 Å². The topological polar surface area (TPSA) is 40.6 Å². The maximum absolute atomic E-state index is 5.22. The highest BCUT2D eigenvalue weighted by atomic mass is 15.0. The molecule has 63 heavy (non-hydrogen) atoms. The normalized spacial score (nSPS) is 11.8. The molecule has 0 saturated heterocycles. The molecule has 0 bridgehead atoms. The van der Waals surface area contributed by atoms with Crippen LogP contribution in [-0.2, 0) is 0 Å². The van der Waals surface area contributed by atoms with Crippen molar-refractivity contribution in [3.8, 4) is 51.0 Å². The first-order valence-corrected chi connectivity index (χ1v) is 21.4. The van der Waals surface area contributed by atoms with Crippen molar-refractivity contribution in [2.45, 2.75) is 0 Å². The van der Waals surface area contributed by atoms with E-state index < -0.39 is 0 Å². The van der Waals surface area contributed by atoms with Crippen molar-refractivity contribution in [2.24, 2.45) is 0 Å². The average Bonchev–Trinajstić information content (AvgIpc) is 4.00. The first-order valence-electron chi connectivity index (χ1n) is 21.4. The molecule has 4 aromatic heterocycles. The fourth-order valence-corrected chi connectivity index (χ4v) is 9.86. The Bertz CT molecular complexity index is 3820. The van der Waals surface area contributed by atoms with Crippen LogP contribution >= 0.6 is 0 Å². The minimum Gasteiger partial charge on any atom is -0.309 e. The predicted octanol–water partition coefficient (Wildman–Crippen LogP) is 14.8. The Morgan fingerprint density at radius 1 is 0.270 bits per heavy atom. The van der Waals surface area contributed by atoms with E-state index in [9.17, 15) is 0 Å². The average molecular weight is 804 g/mol. The molecular formula is C58H37N5. The van der Waals surface area contributed by atoms with E-state index in [0.29, 0.717) is 5.82 Å². The summed E-state index contributed by atoms with van der Waals surface area (Å²) in [6.07, 6.45) is 0. The molecule has 0 aliphatic rings. The van der Waals surface area contributed by atoms with Crippen molar-refractivity contribution in [1.29, 1.82) is 0 Å². The van der Waals surface area contributed by atoms with Gasteiger partial charge in [0.2, 0.25) is 0 Å². The largest absolute Gasteiger partial charge is 0.309 e. The summed E-state index contributed by atoms with van der Waals surface area (Å²) in [5.41, 5.74) is 15.2. The molecule has 0 aliphatic heterocycles. The Morgan fingerprint density at radius 2 is 0.778 bits per heavy atom. The molecule has 0 N–H and O–H groups in total. The van der Waals surface area contributed by atoms with Crippen molar-refractivity contribution >= 4 is 65.4 Å². The van der Waals surface area contributed by atoms with Crippen molar-refractivity contribution in [3.63, 3.8) is 0 Å². The van der Waals surface area contributed by atoms with Crippen LogP contribution in [0.25, 0.3) is 116 Å². The van der Waals surface area contributed by atoms with Crippen LogP contribution in [-0.4, -0.2) is 23.7 Å². The van der Waals surface area contributed by atoms with Gasteiger partial charge in [-0.3, -0.25) is 0 Å². The smallest absolute Gasteiger partial charge is 0.160 e. The molecule has 5 heteroatoms. The lowest BCUT2D eigenvalue weighted by Gasteiger charge is -2.12. The van der Waals surface area contributed by atoms with Crippen molar-refractivity contribution in [1.82, 2.24) is 23.7 Å². The van der Waals surface area contributed by atoms with E-state index in [4.69, 9.17) is 9.97 Å². The Labute approximate surface area is 363 Å². The van der Waals surface area contributed by atoms with E-state index in [2.05, 4.69) is 214 Å². The van der Waals surface area contributed by atoms with Crippen molar-refractivity contribution < 1.29 is 0 Å². The third-order valence-electron chi connectivity index (χ3n) is 12.6. The SMILES string of the molecule is c1ccc(-c2cc(-c3ccc4c(c3)c3ccc5c(c6ccccc6n5-c5ccc6c7ccccc7n(-c7ccccc7)c6c5)c3n4-c3ccccc3)nc(-c3ccccc3)n2)cc1. The number of nitrogens with zero attached hydrogens (tertiary/aromatic N) is 5. The summed E-state index contributed by atoms with van der Waals surface area (Å²) >= 11 is 0. The second-order valence-corrected chi connectivity index (χ2v) is 16.2. The molecule has 13 rings (SSSR count). The minimum atomic E-state index is 0.704. The fraction of sp³-hybridized carbons (Fsp3) is 0. The zero-order valence-electron chi connectivity index (χ0n) is 34.1. The molecule has 0 fully saturated rings. The molecule has 294 valence electrons. The van der Waals surface area contributed by atoms with Gasteiger partial charge in [-0.25, -0.2) is 9.97 Å². The molecule has 13 aromatic rings. The lowest BCUT2D eigenvalue weighted by atomic mass is 10.0. The van der Waals surface area contributed by atoms with Crippen LogP contribution < -0.4 is 0 Å². The lowest BCUT2D eigenvalue weighted by molar-refractivity contribution is 1.15. The summed E-state index contributed by atoms with van der Waals surface area (Å²) in [4.78, 5) is 10.3. The number of para-hydroxylation sites is 4. The van der Waals surface area contributed by atoms with E-state index in [1.54, 1.807) is 0 Å². The van der Waals surface area contributed by atoms with E-state index >= 15 is 0 Å². The van der Waals surface area contributed by atoms with E-state index in [1.165, 1.54) is 48.9 Å². The van der Waals surface area contributed by atoms with Crippen LogP contribution in [0.2, 0.25) is 0 Å². The molecule has 0 atom stereocenters. The highest BCUT2D eigenvalue weighted by molar-refractivity contribution is 6.26. The maximum atomic E-state index is 5.22. The monoisotopic (exact) mass is 803 g/mol. The molecule has 0 spiro atoms. The molecule has 0 saturated carbocycles. The standard InChI is InChI=1S/C58H37N5/c1-5-17-38(18-6-1)49-37-50(60-58(59-49)39-19-7-2-8-20-39)40-29-33-53-48(35-40)46-32-34-54-56(57(46)63(53)42-23-11-4-12-24-42)47-26-14-16-28-52(47)62(54)43-30-31-45-44-25-13-15-27-51(44)61(55(45)36-43)41-21-9-3-10-22-41/h1-37H. The minimum absolute atomic E-state index is 0.704. The molecule has 5 nitrogen and oxygen atoms in total. The maximum Gasteiger partial charge on any atom is 0.160 e. The van der Waals surface area contributed by atoms with Gasteiger partial charge in [0.1, 0.15) is 0 Å². The van der Waals surface area contributed by atoms with Crippen LogP contribution in [0.1, 0.15) is 0 Å². The highest BCUT2D eigenvalue weighted by Gasteiger charge is 2.23. The zero-order chi connectivity index (χ0) is 41.4. The van der Waals surface area contributed by atoms with Gasteiger partial charge in [0, 0.05) is 66.1 Å². The second-order valence-electron chi connectivity index (χ2n) is 16.2. The van der Waals surface area contributed by atoms with Gasteiger partial charge < -0.3 is 13.7 Å². The molecule has 0 unspecified atom stereocenters. The van der Waals surface area contributed by atoms with Crippen LogP contribution in [0.3, 0.4) is 0 Å². The lowest BCUT2D eigenvalue weighted by Crippen LogP contribution is -1.97. The van der Waals surface area contributed by atoms with Crippen LogP contribution in [0.5, 0.6) is 0 Å². The molecular weight excluding hydrogens is 767 g/mol. The summed E-state index contributed by atoms with van der Waals surface area (Å²) in [7, 11) is 0. The van der Waals surface area contributed by atoms with Crippen LogP contribution in [0.15, 0.2) is 224 Å². The fourth-order valence-electron chi connectivity index (χ4n) is 9.86. The van der Waals surface area contributed by atoms with Crippen molar-refractivity contribution in [2.75, 3.05) is 0 Å². The van der Waals surface area contributed by atoms with Gasteiger partial charge in [-0.1, -0.05) is 152 Å². The zero-order valence-corrected chi connectivity index (χ0v) is 34.1. The predicted molar refractivity (Wildman–Crippen MR) is 261 cm³/mol. The molecule has 0 radical (unpaired) electrons. The third kappa shape index (κ3) is 5.50. The summed E-state index contributed by atoms with van der Waals surface area (Å²) in [5, 5.41) is 7.25. The molecule has 0 amide bonds. The Balaban J connectivity index is 1.08. The first-order chi connectivity index (χ1) is 31.3. The number of benzene rings is 9. The van der Waals surface area contributed by atoms with E-state index in [0.717, 1.165) is 61.7 Å². The second kappa shape index (κ2) is 14.0. The summed E-state index contributed by atoms with van der Waals surface area (Å²) in [6.45, 7) is 0. The van der Waals surface area contributed by atoms with Gasteiger partial charge in [-0.15, -0.1) is 0 Å². The van der Waals surface area contributed by atoms with Crippen LogP contribution in [0.4, 0.5) is 0 Å². The Kier molecular flexibility index (Phi) is 7.84. The number of aromatic nitrogens is 5. The highest BCUT2D eigenvalue weighted by Crippen LogP contribution is 2.44. The Hall–Kier alpha value is -8.54. The number of hydrogen-bond acceptors (Lipinski definition) is 2. The van der Waals surface area contributed by atoms with Gasteiger partial charge in [-0.2, -0.15) is 0 Å².